The number of H-pyrrole nitrogens is 1. The van der Waals surface area contributed by atoms with E-state index in [2.05, 4.69) is 20.0 Å². The van der Waals surface area contributed by atoms with Gasteiger partial charge in [-0.15, -0.1) is 0 Å². The molecule has 3 aromatic heterocycles. The normalized spacial score (nSPS) is 17.4. The Hall–Kier alpha value is -3.13. The molecule has 5 rings (SSSR count). The first-order chi connectivity index (χ1) is 13.2. The van der Waals surface area contributed by atoms with Crippen molar-refractivity contribution in [3.63, 3.8) is 0 Å². The van der Waals surface area contributed by atoms with Crippen LogP contribution in [0.25, 0.3) is 11.1 Å². The molecule has 0 saturated heterocycles. The van der Waals surface area contributed by atoms with Crippen molar-refractivity contribution in [2.24, 2.45) is 7.05 Å². The van der Waals surface area contributed by atoms with E-state index in [1.54, 1.807) is 10.9 Å². The van der Waals surface area contributed by atoms with E-state index < -0.39 is 0 Å². The lowest BCUT2D eigenvalue weighted by molar-refractivity contribution is 0.226. The predicted octanol–water partition coefficient (Wildman–Crippen LogP) is 1.70. The summed E-state index contributed by atoms with van der Waals surface area (Å²) in [5, 5.41) is 4.31. The first-order valence-corrected chi connectivity index (χ1v) is 9.00. The van der Waals surface area contributed by atoms with E-state index in [1.807, 2.05) is 48.4 Å². The van der Waals surface area contributed by atoms with Crippen LogP contribution in [0.15, 0.2) is 52.2 Å². The van der Waals surface area contributed by atoms with Crippen LogP contribution in [0.2, 0.25) is 0 Å². The predicted molar refractivity (Wildman–Crippen MR) is 99.4 cm³/mol. The minimum Gasteiger partial charge on any atom is -0.408 e. The van der Waals surface area contributed by atoms with E-state index in [-0.39, 0.29) is 11.7 Å². The highest BCUT2D eigenvalue weighted by molar-refractivity contribution is 5.72. The molecule has 1 unspecified atom stereocenters. The molecule has 0 fully saturated rings. The zero-order valence-corrected chi connectivity index (χ0v) is 15.0. The zero-order chi connectivity index (χ0) is 18.4. The average molecular weight is 364 g/mol. The van der Waals surface area contributed by atoms with Crippen molar-refractivity contribution >= 4 is 11.1 Å². The molecule has 4 aromatic rings. The Morgan fingerprint density at radius 2 is 2.19 bits per heavy atom. The topological polar surface area (TPSA) is 84.9 Å². The van der Waals surface area contributed by atoms with E-state index in [4.69, 9.17) is 4.42 Å². The van der Waals surface area contributed by atoms with Crippen LogP contribution in [-0.2, 0) is 20.1 Å². The summed E-state index contributed by atoms with van der Waals surface area (Å²) in [5.74, 6) is -0.134. The van der Waals surface area contributed by atoms with Gasteiger partial charge in [-0.1, -0.05) is 12.1 Å². The van der Waals surface area contributed by atoms with Crippen LogP contribution in [0.3, 0.4) is 0 Å². The van der Waals surface area contributed by atoms with Gasteiger partial charge in [-0.25, -0.2) is 9.78 Å². The number of oxazole rings is 1. The molecule has 138 valence electrons. The van der Waals surface area contributed by atoms with Crippen LogP contribution >= 0.6 is 0 Å². The van der Waals surface area contributed by atoms with E-state index in [0.717, 1.165) is 42.1 Å². The van der Waals surface area contributed by atoms with Crippen molar-refractivity contribution in [3.05, 3.63) is 70.5 Å². The van der Waals surface area contributed by atoms with Crippen LogP contribution < -0.4 is 5.76 Å². The molecule has 0 spiro atoms. The van der Waals surface area contributed by atoms with Crippen LogP contribution in [0.4, 0.5) is 0 Å². The summed E-state index contributed by atoms with van der Waals surface area (Å²) in [6.45, 7) is 2.96. The number of nitrogens with zero attached hydrogens (tertiary/aromatic N) is 5. The standard InChI is InChI=1S/C19H20N6O2/c1-23-9-13(8-22-23)14-10-24(11-15-18(14)21-12-20-15)6-7-25-16-4-2-3-5-17(16)27-19(25)26/h2-5,8-9,12,14H,6-7,10-11H2,1H3,(H,20,21). The molecule has 1 aliphatic rings. The van der Waals surface area contributed by atoms with Crippen molar-refractivity contribution in [2.45, 2.75) is 19.0 Å². The van der Waals surface area contributed by atoms with Crippen LogP contribution in [0, 0.1) is 0 Å². The second-order valence-electron chi connectivity index (χ2n) is 6.99. The monoisotopic (exact) mass is 364 g/mol. The van der Waals surface area contributed by atoms with Crippen molar-refractivity contribution in [2.75, 3.05) is 13.1 Å². The average Bonchev–Trinajstić information content (AvgIpc) is 3.37. The molecule has 0 aliphatic carbocycles. The molecule has 8 heteroatoms. The number of hydrogen-bond acceptors (Lipinski definition) is 5. The quantitative estimate of drug-likeness (QED) is 0.596. The van der Waals surface area contributed by atoms with Gasteiger partial charge in [0.05, 0.1) is 29.4 Å². The lowest BCUT2D eigenvalue weighted by Crippen LogP contribution is -2.37. The Balaban J connectivity index is 1.40. The van der Waals surface area contributed by atoms with Gasteiger partial charge in [0.25, 0.3) is 0 Å². The van der Waals surface area contributed by atoms with Gasteiger partial charge in [-0.3, -0.25) is 14.1 Å². The lowest BCUT2D eigenvalue weighted by Gasteiger charge is -2.31. The number of nitrogens with one attached hydrogen (secondary N) is 1. The molecule has 1 N–H and O–H groups in total. The van der Waals surface area contributed by atoms with Gasteiger partial charge in [0.2, 0.25) is 0 Å². The van der Waals surface area contributed by atoms with E-state index >= 15 is 0 Å². The Bertz CT molecular complexity index is 1150. The van der Waals surface area contributed by atoms with E-state index in [9.17, 15) is 4.79 Å². The fraction of sp³-hybridized carbons (Fsp3) is 0.316. The Morgan fingerprint density at radius 1 is 1.30 bits per heavy atom. The number of para-hydroxylation sites is 2. The maximum absolute atomic E-state index is 12.2. The molecule has 4 heterocycles. The molecule has 1 aromatic carbocycles. The van der Waals surface area contributed by atoms with Gasteiger partial charge in [0.1, 0.15) is 0 Å². The first-order valence-electron chi connectivity index (χ1n) is 9.00. The van der Waals surface area contributed by atoms with Crippen molar-refractivity contribution in [3.8, 4) is 0 Å². The number of benzene rings is 1. The van der Waals surface area contributed by atoms with Gasteiger partial charge in [-0.2, -0.15) is 5.10 Å². The summed E-state index contributed by atoms with van der Waals surface area (Å²) in [4.78, 5) is 22.3. The van der Waals surface area contributed by atoms with Crippen LogP contribution in [-0.4, -0.2) is 42.3 Å². The number of hydrogen-bond donors (Lipinski definition) is 1. The van der Waals surface area contributed by atoms with Gasteiger partial charge in [0, 0.05) is 50.9 Å². The maximum Gasteiger partial charge on any atom is 0.419 e. The minimum atomic E-state index is -0.306. The number of aromatic amines is 1. The zero-order valence-electron chi connectivity index (χ0n) is 15.0. The van der Waals surface area contributed by atoms with Gasteiger partial charge >= 0.3 is 5.76 Å². The summed E-state index contributed by atoms with van der Waals surface area (Å²) in [6, 6.07) is 7.54. The van der Waals surface area contributed by atoms with Crippen molar-refractivity contribution in [1.82, 2.24) is 29.2 Å². The summed E-state index contributed by atoms with van der Waals surface area (Å²) >= 11 is 0. The molecule has 1 aliphatic heterocycles. The summed E-state index contributed by atoms with van der Waals surface area (Å²) in [6.07, 6.45) is 5.70. The summed E-state index contributed by atoms with van der Waals surface area (Å²) < 4.78 is 8.86. The molecule has 8 nitrogen and oxygen atoms in total. The fourth-order valence-electron chi connectivity index (χ4n) is 3.91. The van der Waals surface area contributed by atoms with Gasteiger partial charge in [0.15, 0.2) is 5.58 Å². The van der Waals surface area contributed by atoms with E-state index in [0.29, 0.717) is 12.1 Å². The summed E-state index contributed by atoms with van der Waals surface area (Å²) in [7, 11) is 1.92. The highest BCUT2D eigenvalue weighted by Gasteiger charge is 2.29. The smallest absolute Gasteiger partial charge is 0.408 e. The summed E-state index contributed by atoms with van der Waals surface area (Å²) in [5.41, 5.74) is 4.84. The number of aryl methyl sites for hydroxylation is 1. The number of aromatic nitrogens is 5. The highest BCUT2D eigenvalue weighted by Crippen LogP contribution is 2.31. The Labute approximate surface area is 155 Å². The van der Waals surface area contributed by atoms with Crippen LogP contribution in [0.1, 0.15) is 22.9 Å². The first kappa shape index (κ1) is 16.1. The molecular weight excluding hydrogens is 344 g/mol. The molecule has 27 heavy (non-hydrogen) atoms. The fourth-order valence-corrected chi connectivity index (χ4v) is 3.91. The highest BCUT2D eigenvalue weighted by atomic mass is 16.4. The second-order valence-corrected chi connectivity index (χ2v) is 6.99. The molecular formula is C19H20N6O2. The molecule has 0 bridgehead atoms. The lowest BCUT2D eigenvalue weighted by atomic mass is 9.93. The molecule has 0 radical (unpaired) electrons. The SMILES string of the molecule is Cn1cc(C2CN(CCn3c(=O)oc4ccccc43)Cc3[nH]cnc32)cn1. The number of fused-ring (bicyclic) bond motifs is 2. The third-order valence-corrected chi connectivity index (χ3v) is 5.24. The molecule has 1 atom stereocenters. The van der Waals surface area contributed by atoms with E-state index in [1.165, 1.54) is 0 Å². The minimum absolute atomic E-state index is 0.173. The number of imidazole rings is 1. The Morgan fingerprint density at radius 3 is 3.04 bits per heavy atom. The molecule has 0 amide bonds. The van der Waals surface area contributed by atoms with Gasteiger partial charge in [-0.05, 0) is 12.1 Å². The Kier molecular flexibility index (Phi) is 3.71. The third-order valence-electron chi connectivity index (χ3n) is 5.24. The van der Waals surface area contributed by atoms with Crippen molar-refractivity contribution < 1.29 is 4.42 Å². The van der Waals surface area contributed by atoms with Crippen molar-refractivity contribution in [1.29, 1.82) is 0 Å². The second kappa shape index (κ2) is 6.24. The third kappa shape index (κ3) is 2.78. The maximum atomic E-state index is 12.2. The molecule has 0 saturated carbocycles. The van der Waals surface area contributed by atoms with Crippen LogP contribution in [0.5, 0.6) is 0 Å². The number of rotatable bonds is 4. The van der Waals surface area contributed by atoms with Gasteiger partial charge < -0.3 is 9.40 Å². The largest absolute Gasteiger partial charge is 0.419 e.